The summed E-state index contributed by atoms with van der Waals surface area (Å²) in [5, 5.41) is 7.61. The van der Waals surface area contributed by atoms with E-state index in [1.165, 1.54) is 12.1 Å². The van der Waals surface area contributed by atoms with E-state index in [9.17, 15) is 4.39 Å². The first-order valence-electron chi connectivity index (χ1n) is 7.92. The molecule has 0 aliphatic rings. The van der Waals surface area contributed by atoms with E-state index in [0.717, 1.165) is 48.5 Å². The Morgan fingerprint density at radius 2 is 2.21 bits per heavy atom. The van der Waals surface area contributed by atoms with E-state index in [0.29, 0.717) is 0 Å². The molecule has 0 unspecified atom stereocenters. The lowest BCUT2D eigenvalue weighted by molar-refractivity contribution is 0.629. The predicted molar refractivity (Wildman–Crippen MR) is 93.6 cm³/mol. The quantitative estimate of drug-likeness (QED) is 0.478. The maximum absolute atomic E-state index is 13.2. The van der Waals surface area contributed by atoms with Crippen molar-refractivity contribution in [3.63, 3.8) is 0 Å². The summed E-state index contributed by atoms with van der Waals surface area (Å²) < 4.78 is 15.2. The zero-order valence-electron chi connectivity index (χ0n) is 13.6. The summed E-state index contributed by atoms with van der Waals surface area (Å²) in [5.74, 6) is 0.539. The normalized spacial score (nSPS) is 11.8. The summed E-state index contributed by atoms with van der Waals surface area (Å²) in [4.78, 5) is 11.3. The van der Waals surface area contributed by atoms with Gasteiger partial charge in [-0.3, -0.25) is 4.99 Å². The highest BCUT2D eigenvalue weighted by Gasteiger charge is 2.05. The van der Waals surface area contributed by atoms with E-state index in [1.807, 2.05) is 23.0 Å². The third kappa shape index (κ3) is 3.92. The number of hydrogen-bond acceptors (Lipinski definition) is 2. The van der Waals surface area contributed by atoms with Crippen LogP contribution in [0, 0.1) is 5.82 Å². The summed E-state index contributed by atoms with van der Waals surface area (Å²) >= 11 is 0. The summed E-state index contributed by atoms with van der Waals surface area (Å²) in [6.07, 6.45) is 8.24. The second-order valence-corrected chi connectivity index (χ2v) is 5.48. The highest BCUT2D eigenvalue weighted by molar-refractivity contribution is 5.83. The molecule has 3 rings (SSSR count). The van der Waals surface area contributed by atoms with Crippen LogP contribution in [-0.4, -0.2) is 40.6 Å². The first-order valence-corrected chi connectivity index (χ1v) is 7.92. The van der Waals surface area contributed by atoms with Crippen molar-refractivity contribution in [2.24, 2.45) is 4.99 Å². The number of nitrogens with zero attached hydrogens (tertiary/aromatic N) is 3. The Bertz CT molecular complexity index is 806. The van der Waals surface area contributed by atoms with Crippen LogP contribution in [0.1, 0.15) is 5.56 Å². The zero-order valence-corrected chi connectivity index (χ0v) is 13.6. The van der Waals surface area contributed by atoms with E-state index >= 15 is 0 Å². The van der Waals surface area contributed by atoms with E-state index in [4.69, 9.17) is 0 Å². The van der Waals surface area contributed by atoms with E-state index < -0.39 is 0 Å². The van der Waals surface area contributed by atoms with Crippen molar-refractivity contribution in [3.8, 4) is 0 Å². The van der Waals surface area contributed by atoms with Gasteiger partial charge in [0, 0.05) is 56.2 Å². The monoisotopic (exact) mass is 328 g/mol. The molecule has 126 valence electrons. The number of aliphatic imine (C=N–C) groups is 1. The smallest absolute Gasteiger partial charge is 0.191 e. The number of nitrogens with one attached hydrogen (secondary N) is 3. The zero-order chi connectivity index (χ0) is 16.8. The number of guanidine groups is 1. The lowest BCUT2D eigenvalue weighted by Crippen LogP contribution is -2.39. The second kappa shape index (κ2) is 7.63. The first-order chi connectivity index (χ1) is 11.8. The van der Waals surface area contributed by atoms with Crippen LogP contribution in [0.2, 0.25) is 0 Å². The summed E-state index contributed by atoms with van der Waals surface area (Å²) in [6.45, 7) is 2.34. The van der Waals surface area contributed by atoms with Crippen LogP contribution in [0.5, 0.6) is 0 Å². The van der Waals surface area contributed by atoms with Crippen LogP contribution < -0.4 is 10.6 Å². The average molecular weight is 328 g/mol. The van der Waals surface area contributed by atoms with Crippen molar-refractivity contribution < 1.29 is 4.39 Å². The van der Waals surface area contributed by atoms with Crippen LogP contribution >= 0.6 is 0 Å². The maximum Gasteiger partial charge on any atom is 0.191 e. The fourth-order valence-electron chi connectivity index (χ4n) is 2.62. The summed E-state index contributed by atoms with van der Waals surface area (Å²) in [5.41, 5.74) is 1.99. The number of halogens is 1. The molecular formula is C17H21FN6. The number of benzene rings is 1. The molecule has 0 amide bonds. The molecule has 0 aliphatic heterocycles. The highest BCUT2D eigenvalue weighted by Crippen LogP contribution is 2.19. The van der Waals surface area contributed by atoms with Gasteiger partial charge in [-0.05, 0) is 30.2 Å². The number of aromatic amines is 1. The van der Waals surface area contributed by atoms with Crippen LogP contribution in [0.3, 0.4) is 0 Å². The molecular weight excluding hydrogens is 307 g/mol. The molecule has 0 atom stereocenters. The van der Waals surface area contributed by atoms with Gasteiger partial charge in [0.2, 0.25) is 0 Å². The fourth-order valence-corrected chi connectivity index (χ4v) is 2.62. The summed E-state index contributed by atoms with van der Waals surface area (Å²) in [7, 11) is 1.75. The van der Waals surface area contributed by atoms with Gasteiger partial charge in [0.1, 0.15) is 5.82 Å². The molecule has 2 heterocycles. The lowest BCUT2D eigenvalue weighted by Gasteiger charge is -2.12. The molecule has 3 aromatic rings. The van der Waals surface area contributed by atoms with Crippen molar-refractivity contribution >= 4 is 16.9 Å². The molecule has 0 saturated heterocycles. The SMILES string of the molecule is CN=C(NCCc1c[nH]c2cc(F)ccc12)NCCn1ccnc1. The fraction of sp³-hybridized carbons (Fsp3) is 0.294. The van der Waals surface area contributed by atoms with E-state index in [1.54, 1.807) is 19.6 Å². The standard InChI is InChI=1S/C17H21FN6/c1-19-17(22-7-9-24-8-6-20-12-24)21-5-4-13-11-23-16-10-14(18)2-3-15(13)16/h2-3,6,8,10-12,23H,4-5,7,9H2,1H3,(H2,19,21,22). The van der Waals surface area contributed by atoms with Gasteiger partial charge in [-0.25, -0.2) is 9.37 Å². The molecule has 7 heteroatoms. The van der Waals surface area contributed by atoms with Crippen molar-refractivity contribution in [2.75, 3.05) is 20.1 Å². The van der Waals surface area contributed by atoms with E-state index in [-0.39, 0.29) is 5.82 Å². The summed E-state index contributed by atoms with van der Waals surface area (Å²) in [6, 6.07) is 4.82. The van der Waals surface area contributed by atoms with Crippen LogP contribution in [0.4, 0.5) is 4.39 Å². The van der Waals surface area contributed by atoms with Gasteiger partial charge >= 0.3 is 0 Å². The average Bonchev–Trinajstić information content (AvgIpc) is 3.23. The van der Waals surface area contributed by atoms with Crippen LogP contribution in [-0.2, 0) is 13.0 Å². The molecule has 6 nitrogen and oxygen atoms in total. The van der Waals surface area contributed by atoms with Crippen molar-refractivity contribution in [3.05, 3.63) is 54.5 Å². The third-order valence-electron chi connectivity index (χ3n) is 3.86. The number of imidazole rings is 1. The minimum absolute atomic E-state index is 0.225. The minimum Gasteiger partial charge on any atom is -0.361 e. The van der Waals surface area contributed by atoms with Gasteiger partial charge in [-0.15, -0.1) is 0 Å². The molecule has 0 aliphatic carbocycles. The molecule has 0 saturated carbocycles. The number of fused-ring (bicyclic) bond motifs is 1. The van der Waals surface area contributed by atoms with Gasteiger partial charge in [0.15, 0.2) is 5.96 Å². The Balaban J connectivity index is 1.47. The molecule has 2 aromatic heterocycles. The molecule has 24 heavy (non-hydrogen) atoms. The van der Waals surface area contributed by atoms with Gasteiger partial charge in [-0.1, -0.05) is 0 Å². The van der Waals surface area contributed by atoms with E-state index in [2.05, 4.69) is 25.6 Å². The molecule has 3 N–H and O–H groups in total. The number of hydrogen-bond donors (Lipinski definition) is 3. The number of H-pyrrole nitrogens is 1. The minimum atomic E-state index is -0.225. The van der Waals surface area contributed by atoms with Crippen molar-refractivity contribution in [2.45, 2.75) is 13.0 Å². The Kier molecular flexibility index (Phi) is 5.10. The number of aromatic nitrogens is 3. The third-order valence-corrected chi connectivity index (χ3v) is 3.86. The van der Waals surface area contributed by atoms with Gasteiger partial charge in [-0.2, -0.15) is 0 Å². The van der Waals surface area contributed by atoms with Crippen molar-refractivity contribution in [1.29, 1.82) is 0 Å². The molecule has 1 aromatic carbocycles. The molecule has 0 fully saturated rings. The van der Waals surface area contributed by atoms with Gasteiger partial charge < -0.3 is 20.2 Å². The second-order valence-electron chi connectivity index (χ2n) is 5.48. The van der Waals surface area contributed by atoms with Crippen LogP contribution in [0.25, 0.3) is 10.9 Å². The predicted octanol–water partition coefficient (Wildman–Crippen LogP) is 1.91. The Hall–Kier alpha value is -2.83. The van der Waals surface area contributed by atoms with Crippen LogP contribution in [0.15, 0.2) is 48.1 Å². The van der Waals surface area contributed by atoms with Gasteiger partial charge in [0.05, 0.1) is 6.33 Å². The van der Waals surface area contributed by atoms with Crippen molar-refractivity contribution in [1.82, 2.24) is 25.2 Å². The molecule has 0 spiro atoms. The lowest BCUT2D eigenvalue weighted by atomic mass is 10.1. The molecule has 0 bridgehead atoms. The topological polar surface area (TPSA) is 70.0 Å². The maximum atomic E-state index is 13.2. The number of rotatable bonds is 6. The highest BCUT2D eigenvalue weighted by atomic mass is 19.1. The first kappa shape index (κ1) is 16.0. The molecule has 0 radical (unpaired) electrons. The Morgan fingerprint density at radius 3 is 3.00 bits per heavy atom. The Morgan fingerprint density at radius 1 is 1.33 bits per heavy atom. The Labute approximate surface area is 139 Å². The van der Waals surface area contributed by atoms with Gasteiger partial charge in [0.25, 0.3) is 0 Å². The largest absolute Gasteiger partial charge is 0.361 e.